The van der Waals surface area contributed by atoms with E-state index in [9.17, 15) is 14.9 Å². The van der Waals surface area contributed by atoms with E-state index in [1.54, 1.807) is 24.3 Å². The van der Waals surface area contributed by atoms with E-state index < -0.39 is 11.2 Å². The minimum atomic E-state index is -0.859. The third-order valence-corrected chi connectivity index (χ3v) is 5.67. The molecule has 136 valence electrons. The van der Waals surface area contributed by atoms with Crippen LogP contribution in [0.25, 0.3) is 0 Å². The maximum absolute atomic E-state index is 13.1. The van der Waals surface area contributed by atoms with Crippen LogP contribution in [-0.4, -0.2) is 17.1 Å². The van der Waals surface area contributed by atoms with E-state index in [0.717, 1.165) is 11.1 Å². The van der Waals surface area contributed by atoms with Gasteiger partial charge in [-0.1, -0.05) is 53.2 Å². The van der Waals surface area contributed by atoms with Gasteiger partial charge in [0.15, 0.2) is 0 Å². The average Bonchev–Trinajstić information content (AvgIpc) is 2.94. The topological polar surface area (TPSA) is 87.2 Å². The van der Waals surface area contributed by atoms with Crippen molar-refractivity contribution in [2.75, 3.05) is 4.90 Å². The number of hydrogen-bond acceptors (Lipinski definition) is 4. The minimum absolute atomic E-state index is 0.202. The van der Waals surface area contributed by atoms with Crippen molar-refractivity contribution in [3.63, 3.8) is 0 Å². The van der Waals surface area contributed by atoms with E-state index in [4.69, 9.17) is 17.3 Å². The van der Waals surface area contributed by atoms with Gasteiger partial charge < -0.3 is 5.73 Å². The van der Waals surface area contributed by atoms with Crippen LogP contribution in [0, 0.1) is 18.3 Å². The predicted octanol–water partition coefficient (Wildman–Crippen LogP) is 3.56. The number of nitrogens with two attached hydrogens (primary N) is 1. The SMILES string of the molecule is Cc1ccc(CC2S/C(=C(/C#N)C(N)=O)N(c3ccc(Cl)cc3)C2=O)cc1. The Balaban J connectivity index is 2.01. The molecule has 1 saturated heterocycles. The fourth-order valence-electron chi connectivity index (χ4n) is 2.76. The van der Waals surface area contributed by atoms with Gasteiger partial charge in [0.1, 0.15) is 16.7 Å². The number of hydrogen-bond donors (Lipinski definition) is 1. The molecule has 1 heterocycles. The van der Waals surface area contributed by atoms with E-state index in [0.29, 0.717) is 17.1 Å². The van der Waals surface area contributed by atoms with Gasteiger partial charge in [-0.05, 0) is 43.2 Å². The number of halogens is 1. The molecule has 2 N–H and O–H groups in total. The number of benzene rings is 2. The Hall–Kier alpha value is -2.75. The van der Waals surface area contributed by atoms with E-state index >= 15 is 0 Å². The van der Waals surface area contributed by atoms with Crippen LogP contribution < -0.4 is 10.6 Å². The van der Waals surface area contributed by atoms with Crippen LogP contribution in [0.5, 0.6) is 0 Å². The molecule has 1 aliphatic heterocycles. The molecule has 7 heteroatoms. The molecular formula is C20H16ClN3O2S. The highest BCUT2D eigenvalue weighted by molar-refractivity contribution is 8.05. The van der Waals surface area contributed by atoms with Crippen LogP contribution in [0.3, 0.4) is 0 Å². The molecule has 2 aromatic carbocycles. The van der Waals surface area contributed by atoms with Gasteiger partial charge in [-0.3, -0.25) is 14.5 Å². The van der Waals surface area contributed by atoms with Crippen LogP contribution in [0.2, 0.25) is 5.02 Å². The van der Waals surface area contributed by atoms with Gasteiger partial charge >= 0.3 is 0 Å². The van der Waals surface area contributed by atoms with Gasteiger partial charge in [-0.2, -0.15) is 5.26 Å². The standard InChI is InChI=1S/C20H16ClN3O2S/c1-12-2-4-13(5-3-12)10-17-19(26)24(15-8-6-14(21)7-9-15)20(27-17)16(11-22)18(23)25/h2-9,17H,10H2,1H3,(H2,23,25)/b20-16-. The van der Waals surface area contributed by atoms with Gasteiger partial charge in [0, 0.05) is 10.7 Å². The zero-order valence-corrected chi connectivity index (χ0v) is 16.1. The summed E-state index contributed by atoms with van der Waals surface area (Å²) in [6, 6.07) is 16.4. The molecule has 0 aliphatic carbocycles. The second-order valence-corrected chi connectivity index (χ2v) is 7.73. The molecule has 1 unspecified atom stereocenters. The predicted molar refractivity (Wildman–Crippen MR) is 107 cm³/mol. The highest BCUT2D eigenvalue weighted by atomic mass is 35.5. The number of rotatable bonds is 4. The highest BCUT2D eigenvalue weighted by Crippen LogP contribution is 2.42. The molecule has 0 radical (unpaired) electrons. The molecule has 27 heavy (non-hydrogen) atoms. The average molecular weight is 398 g/mol. The third-order valence-electron chi connectivity index (χ3n) is 4.15. The first-order valence-electron chi connectivity index (χ1n) is 8.16. The summed E-state index contributed by atoms with van der Waals surface area (Å²) in [4.78, 5) is 26.2. The van der Waals surface area contributed by atoms with Crippen molar-refractivity contribution in [2.24, 2.45) is 5.73 Å². The van der Waals surface area contributed by atoms with Crippen molar-refractivity contribution in [2.45, 2.75) is 18.6 Å². The first kappa shape index (κ1) is 19.0. The summed E-state index contributed by atoms with van der Waals surface area (Å²) in [5, 5.41) is 9.70. The lowest BCUT2D eigenvalue weighted by Gasteiger charge is -2.18. The second-order valence-electron chi connectivity index (χ2n) is 6.10. The van der Waals surface area contributed by atoms with E-state index in [1.807, 2.05) is 37.3 Å². The normalized spacial score (nSPS) is 18.3. The second kappa shape index (κ2) is 7.87. The van der Waals surface area contributed by atoms with Gasteiger partial charge in [0.25, 0.3) is 5.91 Å². The zero-order valence-electron chi connectivity index (χ0n) is 14.5. The van der Waals surface area contributed by atoms with Crippen molar-refractivity contribution < 1.29 is 9.59 Å². The highest BCUT2D eigenvalue weighted by Gasteiger charge is 2.40. The van der Waals surface area contributed by atoms with E-state index in [1.165, 1.54) is 16.7 Å². The molecule has 1 aliphatic rings. The molecule has 0 saturated carbocycles. The summed E-state index contributed by atoms with van der Waals surface area (Å²) in [5.74, 6) is -1.06. The summed E-state index contributed by atoms with van der Waals surface area (Å²) >= 11 is 7.12. The molecule has 2 amide bonds. The maximum atomic E-state index is 13.1. The van der Waals surface area contributed by atoms with Crippen LogP contribution >= 0.6 is 23.4 Å². The summed E-state index contributed by atoms with van der Waals surface area (Å²) in [7, 11) is 0. The third kappa shape index (κ3) is 4.00. The number of anilines is 1. The smallest absolute Gasteiger partial charge is 0.262 e. The minimum Gasteiger partial charge on any atom is -0.365 e. The molecule has 0 aromatic heterocycles. The molecule has 5 nitrogen and oxygen atoms in total. The van der Waals surface area contributed by atoms with E-state index in [-0.39, 0.29) is 16.5 Å². The Morgan fingerprint density at radius 1 is 1.22 bits per heavy atom. The number of carbonyl (C=O) groups excluding carboxylic acids is 2. The molecular weight excluding hydrogens is 382 g/mol. The molecule has 1 atom stereocenters. The van der Waals surface area contributed by atoms with Crippen molar-refractivity contribution >= 4 is 40.9 Å². The number of nitrogens with zero attached hydrogens (tertiary/aromatic N) is 2. The maximum Gasteiger partial charge on any atom is 0.262 e. The van der Waals surface area contributed by atoms with Crippen molar-refractivity contribution in [1.29, 1.82) is 5.26 Å². The van der Waals surface area contributed by atoms with Gasteiger partial charge in [-0.25, -0.2) is 0 Å². The van der Waals surface area contributed by atoms with Crippen LogP contribution in [0.15, 0.2) is 59.1 Å². The number of thioether (sulfide) groups is 1. The van der Waals surface area contributed by atoms with E-state index in [2.05, 4.69) is 0 Å². The molecule has 1 fully saturated rings. The Kier molecular flexibility index (Phi) is 5.54. The Morgan fingerprint density at radius 2 is 1.85 bits per heavy atom. The first-order valence-corrected chi connectivity index (χ1v) is 9.42. The van der Waals surface area contributed by atoms with Crippen molar-refractivity contribution in [3.05, 3.63) is 75.3 Å². The summed E-state index contributed by atoms with van der Waals surface area (Å²) in [6.07, 6.45) is 0.481. The molecule has 0 bridgehead atoms. The van der Waals surface area contributed by atoms with Crippen molar-refractivity contribution in [3.8, 4) is 6.07 Å². The fourth-order valence-corrected chi connectivity index (χ4v) is 4.21. The Labute approximate surface area is 166 Å². The summed E-state index contributed by atoms with van der Waals surface area (Å²) < 4.78 is 0. The number of nitriles is 1. The zero-order chi connectivity index (χ0) is 19.6. The lowest BCUT2D eigenvalue weighted by molar-refractivity contribution is -0.117. The van der Waals surface area contributed by atoms with Crippen molar-refractivity contribution in [1.82, 2.24) is 0 Å². The fraction of sp³-hybridized carbons (Fsp3) is 0.150. The van der Waals surface area contributed by atoms with Gasteiger partial charge in [0.05, 0.1) is 5.25 Å². The largest absolute Gasteiger partial charge is 0.365 e. The van der Waals surface area contributed by atoms with Gasteiger partial charge in [-0.15, -0.1) is 0 Å². The number of primary amides is 1. The van der Waals surface area contributed by atoms with Crippen LogP contribution in [0.1, 0.15) is 11.1 Å². The van der Waals surface area contributed by atoms with Crippen LogP contribution in [0.4, 0.5) is 5.69 Å². The molecule has 0 spiro atoms. The number of amides is 2. The molecule has 2 aromatic rings. The molecule has 3 rings (SSSR count). The Morgan fingerprint density at radius 3 is 2.41 bits per heavy atom. The number of aryl methyl sites for hydroxylation is 1. The van der Waals surface area contributed by atoms with Crippen LogP contribution in [-0.2, 0) is 16.0 Å². The first-order chi connectivity index (χ1) is 12.9. The Bertz CT molecular complexity index is 962. The monoisotopic (exact) mass is 397 g/mol. The summed E-state index contributed by atoms with van der Waals surface area (Å²) in [5.41, 5.74) is 7.80. The number of carbonyl (C=O) groups is 2. The summed E-state index contributed by atoms with van der Waals surface area (Å²) in [6.45, 7) is 1.99. The van der Waals surface area contributed by atoms with Gasteiger partial charge in [0.2, 0.25) is 5.91 Å². The lowest BCUT2D eigenvalue weighted by Crippen LogP contribution is -2.31. The quantitative estimate of drug-likeness (QED) is 0.631. The lowest BCUT2D eigenvalue weighted by atomic mass is 10.1.